The van der Waals surface area contributed by atoms with Crippen LogP contribution in [0, 0.1) is 5.92 Å². The zero-order chi connectivity index (χ0) is 12.4. The van der Waals surface area contributed by atoms with Gasteiger partial charge in [0.25, 0.3) is 0 Å². The van der Waals surface area contributed by atoms with Crippen molar-refractivity contribution < 1.29 is 0 Å². The van der Waals surface area contributed by atoms with E-state index >= 15 is 0 Å². The van der Waals surface area contributed by atoms with Gasteiger partial charge in [0.15, 0.2) is 0 Å². The fourth-order valence-electron chi connectivity index (χ4n) is 2.13. The third-order valence-electron chi connectivity index (χ3n) is 3.33. The number of hydrogen-bond donors (Lipinski definition) is 1. The smallest absolute Gasteiger partial charge is 0.0551 e. The van der Waals surface area contributed by atoms with Crippen molar-refractivity contribution in [1.29, 1.82) is 0 Å². The number of hydrogen-bond acceptors (Lipinski definition) is 2. The Hall–Kier alpha value is -0.0900. The van der Waals surface area contributed by atoms with Gasteiger partial charge in [0.1, 0.15) is 0 Å². The van der Waals surface area contributed by atoms with Gasteiger partial charge in [-0.25, -0.2) is 0 Å². The van der Waals surface area contributed by atoms with Crippen LogP contribution in [0.15, 0.2) is 22.7 Å². The third kappa shape index (κ3) is 3.44. The van der Waals surface area contributed by atoms with Crippen molar-refractivity contribution in [1.82, 2.24) is 4.90 Å². The van der Waals surface area contributed by atoms with Crippen LogP contribution in [0.5, 0.6) is 0 Å². The number of rotatable bonds is 5. The first-order valence-corrected chi connectivity index (χ1v) is 7.14. The Kier molecular flexibility index (Phi) is 4.47. The summed E-state index contributed by atoms with van der Waals surface area (Å²) >= 11 is 9.54. The first-order chi connectivity index (χ1) is 8.11. The number of nitrogens with zero attached hydrogens (tertiary/aromatic N) is 1. The Balaban J connectivity index is 2.12. The van der Waals surface area contributed by atoms with Crippen LogP contribution in [0.1, 0.15) is 24.4 Å². The Morgan fingerprint density at radius 2 is 2.24 bits per heavy atom. The molecule has 0 spiro atoms. The van der Waals surface area contributed by atoms with Crippen LogP contribution in [0.25, 0.3) is 0 Å². The van der Waals surface area contributed by atoms with Crippen molar-refractivity contribution in [2.75, 3.05) is 20.1 Å². The van der Waals surface area contributed by atoms with E-state index in [4.69, 9.17) is 17.3 Å². The van der Waals surface area contributed by atoms with Gasteiger partial charge in [0, 0.05) is 23.6 Å². The lowest BCUT2D eigenvalue weighted by molar-refractivity contribution is 0.240. The second kappa shape index (κ2) is 5.70. The minimum absolute atomic E-state index is 0.265. The minimum atomic E-state index is 0.265. The highest BCUT2D eigenvalue weighted by atomic mass is 79.9. The molecule has 1 aromatic carbocycles. The van der Waals surface area contributed by atoms with Crippen LogP contribution in [0.4, 0.5) is 0 Å². The molecule has 1 aliphatic rings. The highest BCUT2D eigenvalue weighted by Crippen LogP contribution is 2.33. The van der Waals surface area contributed by atoms with Crippen molar-refractivity contribution in [3.8, 4) is 0 Å². The van der Waals surface area contributed by atoms with Crippen LogP contribution in [0.3, 0.4) is 0 Å². The van der Waals surface area contributed by atoms with Crippen molar-refractivity contribution >= 4 is 27.5 Å². The summed E-state index contributed by atoms with van der Waals surface area (Å²) in [6.45, 7) is 1.76. The van der Waals surface area contributed by atoms with E-state index in [0.29, 0.717) is 6.54 Å². The molecular weight excluding hydrogens is 300 g/mol. The van der Waals surface area contributed by atoms with Crippen molar-refractivity contribution in [2.24, 2.45) is 11.7 Å². The van der Waals surface area contributed by atoms with E-state index in [-0.39, 0.29) is 6.04 Å². The minimum Gasteiger partial charge on any atom is -0.329 e. The molecule has 0 aliphatic heterocycles. The fourth-order valence-corrected chi connectivity index (χ4v) is 2.56. The summed E-state index contributed by atoms with van der Waals surface area (Å²) in [5.74, 6) is 0.875. The monoisotopic (exact) mass is 316 g/mol. The number of likely N-dealkylation sites (N-methyl/N-ethyl adjacent to an activating group) is 1. The maximum Gasteiger partial charge on any atom is 0.0551 e. The van der Waals surface area contributed by atoms with Crippen LogP contribution in [-0.2, 0) is 0 Å². The lowest BCUT2D eigenvalue weighted by Gasteiger charge is -2.27. The molecule has 1 unspecified atom stereocenters. The van der Waals surface area contributed by atoms with Crippen molar-refractivity contribution in [3.05, 3.63) is 33.3 Å². The summed E-state index contributed by atoms with van der Waals surface area (Å²) in [5, 5.41) is 0.751. The second-order valence-corrected chi connectivity index (χ2v) is 6.07. The zero-order valence-corrected chi connectivity index (χ0v) is 12.3. The zero-order valence-electron chi connectivity index (χ0n) is 10.00. The topological polar surface area (TPSA) is 29.3 Å². The van der Waals surface area contributed by atoms with E-state index in [0.717, 1.165) is 22.0 Å². The van der Waals surface area contributed by atoms with Crippen molar-refractivity contribution in [3.63, 3.8) is 0 Å². The quantitative estimate of drug-likeness (QED) is 0.901. The largest absolute Gasteiger partial charge is 0.329 e. The van der Waals surface area contributed by atoms with Gasteiger partial charge < -0.3 is 5.73 Å². The highest BCUT2D eigenvalue weighted by molar-refractivity contribution is 9.10. The molecular formula is C13H18BrClN2. The van der Waals surface area contributed by atoms with Crippen molar-refractivity contribution in [2.45, 2.75) is 18.9 Å². The van der Waals surface area contributed by atoms with Crippen LogP contribution < -0.4 is 5.73 Å². The van der Waals surface area contributed by atoms with Gasteiger partial charge >= 0.3 is 0 Å². The van der Waals surface area contributed by atoms with Gasteiger partial charge in [0.2, 0.25) is 0 Å². The van der Waals surface area contributed by atoms with Crippen LogP contribution in [-0.4, -0.2) is 25.0 Å². The molecule has 1 saturated carbocycles. The average Bonchev–Trinajstić information content (AvgIpc) is 3.08. The van der Waals surface area contributed by atoms with Gasteiger partial charge in [-0.1, -0.05) is 17.7 Å². The highest BCUT2D eigenvalue weighted by Gasteiger charge is 2.26. The summed E-state index contributed by atoms with van der Waals surface area (Å²) in [6, 6.07) is 6.36. The molecule has 0 radical (unpaired) electrons. The molecule has 1 atom stereocenters. The molecule has 1 fully saturated rings. The van der Waals surface area contributed by atoms with Gasteiger partial charge in [0.05, 0.1) is 5.02 Å². The maximum atomic E-state index is 6.13. The molecule has 0 heterocycles. The molecule has 0 bridgehead atoms. The van der Waals surface area contributed by atoms with E-state index < -0.39 is 0 Å². The Morgan fingerprint density at radius 1 is 1.53 bits per heavy atom. The second-order valence-electron chi connectivity index (χ2n) is 4.81. The normalized spacial score (nSPS) is 17.5. The molecule has 1 aromatic rings. The summed E-state index contributed by atoms with van der Waals surface area (Å²) in [7, 11) is 2.14. The summed E-state index contributed by atoms with van der Waals surface area (Å²) in [6.07, 6.45) is 2.73. The van der Waals surface area contributed by atoms with Gasteiger partial charge in [-0.3, -0.25) is 4.90 Å². The van der Waals surface area contributed by atoms with E-state index in [9.17, 15) is 0 Å². The first kappa shape index (κ1) is 13.3. The molecule has 94 valence electrons. The molecule has 0 saturated heterocycles. The Morgan fingerprint density at radius 3 is 2.76 bits per heavy atom. The number of halogens is 2. The molecule has 1 aliphatic carbocycles. The Labute approximate surface area is 116 Å². The molecule has 0 amide bonds. The van der Waals surface area contributed by atoms with E-state index in [1.807, 2.05) is 12.1 Å². The number of benzene rings is 1. The summed E-state index contributed by atoms with van der Waals surface area (Å²) in [5.41, 5.74) is 7.09. The average molecular weight is 318 g/mol. The molecule has 2 N–H and O–H groups in total. The van der Waals surface area contributed by atoms with Gasteiger partial charge in [-0.2, -0.15) is 0 Å². The standard InChI is InChI=1S/C13H18BrClN2/c1-17(8-9-2-3-9)13(7-16)10-4-5-11(14)12(15)6-10/h4-6,9,13H,2-3,7-8,16H2,1H3. The Bertz CT molecular complexity index is 393. The molecule has 2 rings (SSSR count). The lowest BCUT2D eigenvalue weighted by Crippen LogP contribution is -2.32. The molecule has 4 heteroatoms. The first-order valence-electron chi connectivity index (χ1n) is 5.97. The maximum absolute atomic E-state index is 6.13. The van der Waals surface area contributed by atoms with Gasteiger partial charge in [-0.05, 0) is 59.4 Å². The SMILES string of the molecule is CN(CC1CC1)C(CN)c1ccc(Br)c(Cl)c1. The number of nitrogens with two attached hydrogens (primary N) is 1. The lowest BCUT2D eigenvalue weighted by atomic mass is 10.1. The summed E-state index contributed by atoms with van der Waals surface area (Å²) in [4.78, 5) is 2.34. The predicted octanol–water partition coefficient (Wildman–Crippen LogP) is 3.44. The van der Waals surface area contributed by atoms with E-state index in [1.54, 1.807) is 0 Å². The van der Waals surface area contributed by atoms with Crippen LogP contribution in [0.2, 0.25) is 5.02 Å². The van der Waals surface area contributed by atoms with Gasteiger partial charge in [-0.15, -0.1) is 0 Å². The predicted molar refractivity (Wildman–Crippen MR) is 76.3 cm³/mol. The van der Waals surface area contributed by atoms with Crippen LogP contribution >= 0.6 is 27.5 Å². The van der Waals surface area contributed by atoms with E-state index in [2.05, 4.69) is 33.9 Å². The third-order valence-corrected chi connectivity index (χ3v) is 4.56. The molecule has 0 aromatic heterocycles. The molecule has 17 heavy (non-hydrogen) atoms. The summed E-state index contributed by atoms with van der Waals surface area (Å²) < 4.78 is 0.934. The molecule has 2 nitrogen and oxygen atoms in total. The van der Waals surface area contributed by atoms with E-state index in [1.165, 1.54) is 18.4 Å². The fraction of sp³-hybridized carbons (Fsp3) is 0.538.